The van der Waals surface area contributed by atoms with Crippen molar-refractivity contribution in [3.05, 3.63) is 71.3 Å². The lowest BCUT2D eigenvalue weighted by Gasteiger charge is -2.43. The van der Waals surface area contributed by atoms with Gasteiger partial charge >= 0.3 is 6.18 Å². The fourth-order valence-electron chi connectivity index (χ4n) is 4.50. The Bertz CT molecular complexity index is 970. The summed E-state index contributed by atoms with van der Waals surface area (Å²) in [6.45, 7) is 1.18. The number of piperidine rings is 1. The maximum Gasteiger partial charge on any atom is 0.416 e. The molecule has 2 saturated heterocycles. The number of carbonyl (C=O) groups excluding carboxylic acids is 2. The molecule has 8 heteroatoms. The van der Waals surface area contributed by atoms with Crippen LogP contribution in [0.3, 0.4) is 0 Å². The van der Waals surface area contributed by atoms with Crippen molar-refractivity contribution < 1.29 is 27.6 Å². The zero-order valence-corrected chi connectivity index (χ0v) is 17.6. The molecule has 0 atom stereocenters. The molecule has 0 aromatic heterocycles. The lowest BCUT2D eigenvalue weighted by Crippen LogP contribution is -2.54. The van der Waals surface area contributed by atoms with Gasteiger partial charge < -0.3 is 4.90 Å². The summed E-state index contributed by atoms with van der Waals surface area (Å²) in [4.78, 5) is 32.8. The summed E-state index contributed by atoms with van der Waals surface area (Å²) >= 11 is 0. The van der Waals surface area contributed by atoms with E-state index in [-0.39, 0.29) is 18.2 Å². The van der Waals surface area contributed by atoms with Gasteiger partial charge in [0, 0.05) is 19.5 Å². The van der Waals surface area contributed by atoms with E-state index in [0.29, 0.717) is 50.9 Å². The van der Waals surface area contributed by atoms with Gasteiger partial charge in [-0.05, 0) is 36.5 Å². The van der Waals surface area contributed by atoms with Crippen LogP contribution in [0.25, 0.3) is 0 Å². The van der Waals surface area contributed by atoms with Gasteiger partial charge in [-0.3, -0.25) is 14.4 Å². The number of benzene rings is 2. The zero-order chi connectivity index (χ0) is 22.8. The summed E-state index contributed by atoms with van der Waals surface area (Å²) in [5.74, 6) is -0.259. The largest absolute Gasteiger partial charge is 0.416 e. The lowest BCUT2D eigenvalue weighted by molar-refractivity contribution is -0.222. The number of amides is 2. The maximum absolute atomic E-state index is 12.9. The highest BCUT2D eigenvalue weighted by molar-refractivity contribution is 5.80. The number of alkyl halides is 3. The molecule has 5 nitrogen and oxygen atoms in total. The van der Waals surface area contributed by atoms with Crippen LogP contribution >= 0.6 is 0 Å². The number of hydroxylamine groups is 2. The Hall–Kier alpha value is -2.87. The minimum Gasteiger partial charge on any atom is -0.342 e. The SMILES string of the molecule is O=C(Cc1cccc(C(F)(F)F)c1)N1CCC2(CCC(=O)N2OCc2ccccc2)CC1. The van der Waals surface area contributed by atoms with E-state index >= 15 is 0 Å². The predicted molar refractivity (Wildman–Crippen MR) is 111 cm³/mol. The van der Waals surface area contributed by atoms with E-state index in [2.05, 4.69) is 0 Å². The van der Waals surface area contributed by atoms with Crippen molar-refractivity contribution in [1.29, 1.82) is 0 Å². The normalized spacial score (nSPS) is 18.4. The maximum atomic E-state index is 12.9. The minimum atomic E-state index is -4.44. The fraction of sp³-hybridized carbons (Fsp3) is 0.417. The highest BCUT2D eigenvalue weighted by Crippen LogP contribution is 2.40. The van der Waals surface area contributed by atoms with E-state index in [0.717, 1.165) is 17.7 Å². The van der Waals surface area contributed by atoms with Crippen LogP contribution in [-0.4, -0.2) is 40.4 Å². The topological polar surface area (TPSA) is 49.9 Å². The highest BCUT2D eigenvalue weighted by atomic mass is 19.4. The predicted octanol–water partition coefficient (Wildman–Crippen LogP) is 4.36. The fourth-order valence-corrected chi connectivity index (χ4v) is 4.50. The molecule has 2 aromatic carbocycles. The number of rotatable bonds is 5. The standard InChI is InChI=1S/C24H25F3N2O3/c25-24(26,27)20-8-4-7-19(15-20)16-22(31)28-13-11-23(12-14-28)10-9-21(30)29(23)32-17-18-5-2-1-3-6-18/h1-8,15H,9-14,16-17H2. The van der Waals surface area contributed by atoms with Crippen molar-refractivity contribution in [2.24, 2.45) is 0 Å². The molecular formula is C24H25F3N2O3. The molecule has 2 amide bonds. The first-order valence-corrected chi connectivity index (χ1v) is 10.7. The van der Waals surface area contributed by atoms with Gasteiger partial charge in [0.1, 0.15) is 6.61 Å². The number of halogens is 3. The monoisotopic (exact) mass is 446 g/mol. The molecule has 0 N–H and O–H groups in total. The van der Waals surface area contributed by atoms with Gasteiger partial charge in [0.15, 0.2) is 0 Å². The average Bonchev–Trinajstić information content (AvgIpc) is 3.08. The molecule has 32 heavy (non-hydrogen) atoms. The van der Waals surface area contributed by atoms with Crippen LogP contribution in [0.1, 0.15) is 42.4 Å². The molecule has 170 valence electrons. The second kappa shape index (κ2) is 8.94. The van der Waals surface area contributed by atoms with Crippen LogP contribution in [0.5, 0.6) is 0 Å². The first-order valence-electron chi connectivity index (χ1n) is 10.7. The zero-order valence-electron chi connectivity index (χ0n) is 17.6. The second-order valence-corrected chi connectivity index (χ2v) is 8.43. The van der Waals surface area contributed by atoms with Gasteiger partial charge in [-0.1, -0.05) is 48.5 Å². The van der Waals surface area contributed by atoms with Crippen molar-refractivity contribution in [2.45, 2.75) is 50.4 Å². The number of carbonyl (C=O) groups is 2. The molecule has 0 unspecified atom stereocenters. The van der Waals surface area contributed by atoms with Crippen molar-refractivity contribution in [3.63, 3.8) is 0 Å². The van der Waals surface area contributed by atoms with E-state index in [1.54, 1.807) is 4.90 Å². The van der Waals surface area contributed by atoms with Crippen LogP contribution in [0.4, 0.5) is 13.2 Å². The third kappa shape index (κ3) is 4.80. The number of hydrogen-bond donors (Lipinski definition) is 0. The lowest BCUT2D eigenvalue weighted by atomic mass is 9.85. The van der Waals surface area contributed by atoms with E-state index in [1.165, 1.54) is 17.2 Å². The Morgan fingerprint density at radius 3 is 2.34 bits per heavy atom. The third-order valence-corrected chi connectivity index (χ3v) is 6.32. The minimum absolute atomic E-state index is 0.0512. The summed E-state index contributed by atoms with van der Waals surface area (Å²) in [6.07, 6.45) is -2.26. The number of hydrogen-bond acceptors (Lipinski definition) is 3. The van der Waals surface area contributed by atoms with Crippen molar-refractivity contribution in [1.82, 2.24) is 9.96 Å². The molecule has 2 heterocycles. The van der Waals surface area contributed by atoms with Crippen LogP contribution in [0, 0.1) is 0 Å². The first-order chi connectivity index (χ1) is 15.3. The highest BCUT2D eigenvalue weighted by Gasteiger charge is 2.48. The van der Waals surface area contributed by atoms with Gasteiger partial charge in [-0.25, -0.2) is 5.06 Å². The Morgan fingerprint density at radius 1 is 0.969 bits per heavy atom. The Labute approximate surface area is 184 Å². The Balaban J connectivity index is 1.36. The van der Waals surface area contributed by atoms with E-state index in [4.69, 9.17) is 4.84 Å². The van der Waals surface area contributed by atoms with E-state index < -0.39 is 17.3 Å². The molecule has 2 aromatic rings. The quantitative estimate of drug-likeness (QED) is 0.686. The van der Waals surface area contributed by atoms with Gasteiger partial charge in [0.25, 0.3) is 0 Å². The average molecular weight is 446 g/mol. The first kappa shape index (κ1) is 22.3. The summed E-state index contributed by atoms with van der Waals surface area (Å²) in [7, 11) is 0. The van der Waals surface area contributed by atoms with Crippen molar-refractivity contribution in [3.8, 4) is 0 Å². The van der Waals surface area contributed by atoms with E-state index in [1.807, 2.05) is 30.3 Å². The molecule has 0 saturated carbocycles. The molecule has 4 rings (SSSR count). The number of likely N-dealkylation sites (tertiary alicyclic amines) is 1. The van der Waals surface area contributed by atoms with Gasteiger partial charge in [0.05, 0.1) is 17.5 Å². The molecule has 2 aliphatic rings. The number of nitrogens with zero attached hydrogens (tertiary/aromatic N) is 2. The smallest absolute Gasteiger partial charge is 0.342 e. The Kier molecular flexibility index (Phi) is 6.24. The van der Waals surface area contributed by atoms with Crippen molar-refractivity contribution in [2.75, 3.05) is 13.1 Å². The third-order valence-electron chi connectivity index (χ3n) is 6.32. The van der Waals surface area contributed by atoms with Gasteiger partial charge in [-0.2, -0.15) is 13.2 Å². The molecule has 2 fully saturated rings. The molecule has 1 spiro atoms. The van der Waals surface area contributed by atoms with Crippen LogP contribution in [0.2, 0.25) is 0 Å². The molecular weight excluding hydrogens is 421 g/mol. The van der Waals surface area contributed by atoms with Crippen LogP contribution in [-0.2, 0) is 33.6 Å². The molecule has 0 radical (unpaired) electrons. The van der Waals surface area contributed by atoms with E-state index in [9.17, 15) is 22.8 Å². The van der Waals surface area contributed by atoms with Gasteiger partial charge in [-0.15, -0.1) is 0 Å². The summed E-state index contributed by atoms with van der Waals surface area (Å²) in [5.41, 5.74) is 0.125. The summed E-state index contributed by atoms with van der Waals surface area (Å²) in [5, 5.41) is 1.51. The summed E-state index contributed by atoms with van der Waals surface area (Å²) < 4.78 is 38.8. The molecule has 0 aliphatic carbocycles. The van der Waals surface area contributed by atoms with Gasteiger partial charge in [0.2, 0.25) is 11.8 Å². The summed E-state index contributed by atoms with van der Waals surface area (Å²) in [6, 6.07) is 14.5. The van der Waals surface area contributed by atoms with Crippen LogP contribution < -0.4 is 0 Å². The molecule has 2 aliphatic heterocycles. The Morgan fingerprint density at radius 2 is 1.66 bits per heavy atom. The molecule has 0 bridgehead atoms. The van der Waals surface area contributed by atoms with Crippen LogP contribution in [0.15, 0.2) is 54.6 Å². The second-order valence-electron chi connectivity index (χ2n) is 8.43. The van der Waals surface area contributed by atoms with Crippen molar-refractivity contribution >= 4 is 11.8 Å².